The fourth-order valence-corrected chi connectivity index (χ4v) is 0.540. The van der Waals surface area contributed by atoms with Crippen LogP contribution in [0.2, 0.25) is 0 Å². The number of alkyl halides is 3. The molecule has 0 saturated heterocycles. The van der Waals surface area contributed by atoms with E-state index in [4.69, 9.17) is 0 Å². The van der Waals surface area contributed by atoms with Crippen LogP contribution in [0.4, 0.5) is 18.0 Å². The molecule has 3 nitrogen and oxygen atoms in total. The number of halogens is 3. The van der Waals surface area contributed by atoms with Crippen molar-refractivity contribution >= 4 is 6.03 Å². The average molecular weight is 198 g/mol. The minimum absolute atomic E-state index is 0.219. The highest BCUT2D eigenvalue weighted by Gasteiger charge is 2.27. The van der Waals surface area contributed by atoms with E-state index in [1.54, 1.807) is 5.32 Å². The quantitative estimate of drug-likeness (QED) is 0.709. The van der Waals surface area contributed by atoms with E-state index in [9.17, 15) is 18.0 Å². The maximum absolute atomic E-state index is 11.6. The van der Waals surface area contributed by atoms with Crippen LogP contribution in [-0.2, 0) is 0 Å². The summed E-state index contributed by atoms with van der Waals surface area (Å²) in [5.74, 6) is 0.219. The molecule has 0 aliphatic carbocycles. The second kappa shape index (κ2) is 4.94. The van der Waals surface area contributed by atoms with E-state index in [1.165, 1.54) is 0 Å². The molecule has 0 rings (SSSR count). The van der Waals surface area contributed by atoms with Crippen molar-refractivity contribution in [2.75, 3.05) is 13.1 Å². The van der Waals surface area contributed by atoms with Crippen LogP contribution in [0.5, 0.6) is 0 Å². The number of nitrogens with one attached hydrogen (secondary N) is 2. The molecule has 0 fully saturated rings. The first-order valence-corrected chi connectivity index (χ1v) is 3.89. The molecule has 0 aromatic carbocycles. The van der Waals surface area contributed by atoms with Crippen molar-refractivity contribution in [2.24, 2.45) is 5.92 Å². The Kier molecular flexibility index (Phi) is 4.58. The third-order valence-electron chi connectivity index (χ3n) is 1.12. The Morgan fingerprint density at radius 3 is 2.23 bits per heavy atom. The van der Waals surface area contributed by atoms with Crippen molar-refractivity contribution < 1.29 is 18.0 Å². The second-order valence-electron chi connectivity index (χ2n) is 3.07. The lowest BCUT2D eigenvalue weighted by molar-refractivity contribution is -0.122. The molecule has 0 unspecified atom stereocenters. The fraction of sp³-hybridized carbons (Fsp3) is 0.857. The van der Waals surface area contributed by atoms with Crippen molar-refractivity contribution in [1.82, 2.24) is 10.6 Å². The van der Waals surface area contributed by atoms with Gasteiger partial charge in [0.2, 0.25) is 0 Å². The molecule has 0 heterocycles. The predicted octanol–water partition coefficient (Wildman–Crippen LogP) is 1.50. The summed E-state index contributed by atoms with van der Waals surface area (Å²) in [6.07, 6.45) is -4.35. The number of urea groups is 1. The number of rotatable bonds is 3. The van der Waals surface area contributed by atoms with Gasteiger partial charge < -0.3 is 10.6 Å². The number of hydrogen-bond donors (Lipinski definition) is 2. The van der Waals surface area contributed by atoms with Crippen LogP contribution in [0, 0.1) is 5.92 Å². The molecule has 6 heteroatoms. The first kappa shape index (κ1) is 12.1. The zero-order chi connectivity index (χ0) is 10.5. The van der Waals surface area contributed by atoms with Crippen molar-refractivity contribution in [1.29, 1.82) is 0 Å². The highest BCUT2D eigenvalue weighted by Crippen LogP contribution is 2.11. The Morgan fingerprint density at radius 1 is 1.31 bits per heavy atom. The summed E-state index contributed by atoms with van der Waals surface area (Å²) in [5.41, 5.74) is 0. The molecule has 2 amide bonds. The summed E-state index contributed by atoms with van der Waals surface area (Å²) in [4.78, 5) is 10.7. The Balaban J connectivity index is 3.53. The van der Waals surface area contributed by atoms with Gasteiger partial charge in [0.15, 0.2) is 0 Å². The maximum Gasteiger partial charge on any atom is 0.405 e. The van der Waals surface area contributed by atoms with E-state index in [1.807, 2.05) is 13.8 Å². The molecular formula is C7H13F3N2O. The number of carbonyl (C=O) groups excluding carboxylic acids is 1. The molecule has 78 valence electrons. The Bertz CT molecular complexity index is 168. The van der Waals surface area contributed by atoms with Crippen molar-refractivity contribution in [3.63, 3.8) is 0 Å². The Morgan fingerprint density at radius 2 is 1.85 bits per heavy atom. The summed E-state index contributed by atoms with van der Waals surface area (Å²) in [6.45, 7) is 2.77. The van der Waals surface area contributed by atoms with Crippen LogP contribution >= 0.6 is 0 Å². The molecule has 0 radical (unpaired) electrons. The summed E-state index contributed by atoms with van der Waals surface area (Å²) < 4.78 is 34.7. The fourth-order valence-electron chi connectivity index (χ4n) is 0.540. The Hall–Kier alpha value is -0.940. The van der Waals surface area contributed by atoms with Gasteiger partial charge in [-0.15, -0.1) is 0 Å². The molecular weight excluding hydrogens is 185 g/mol. The van der Waals surface area contributed by atoms with Gasteiger partial charge in [-0.1, -0.05) is 13.8 Å². The van der Waals surface area contributed by atoms with Crippen molar-refractivity contribution in [3.8, 4) is 0 Å². The molecule has 0 saturated carbocycles. The topological polar surface area (TPSA) is 41.1 Å². The number of hydrogen-bond acceptors (Lipinski definition) is 1. The van der Waals surface area contributed by atoms with Crippen molar-refractivity contribution in [2.45, 2.75) is 20.0 Å². The Labute approximate surface area is 74.7 Å². The summed E-state index contributed by atoms with van der Waals surface area (Å²) in [6, 6.07) is -0.786. The molecule has 0 bridgehead atoms. The lowest BCUT2D eigenvalue weighted by atomic mass is 10.2. The molecule has 0 spiro atoms. The van der Waals surface area contributed by atoms with Crippen LogP contribution in [0.25, 0.3) is 0 Å². The van der Waals surface area contributed by atoms with E-state index in [0.29, 0.717) is 6.54 Å². The maximum atomic E-state index is 11.6. The largest absolute Gasteiger partial charge is 0.405 e. The van der Waals surface area contributed by atoms with Crippen LogP contribution in [0.15, 0.2) is 0 Å². The number of amides is 2. The highest BCUT2D eigenvalue weighted by molar-refractivity contribution is 5.73. The molecule has 0 aromatic heterocycles. The zero-order valence-electron chi connectivity index (χ0n) is 7.53. The molecule has 13 heavy (non-hydrogen) atoms. The van der Waals surface area contributed by atoms with E-state index in [0.717, 1.165) is 0 Å². The van der Waals surface area contributed by atoms with E-state index < -0.39 is 18.8 Å². The van der Waals surface area contributed by atoms with Gasteiger partial charge in [-0.05, 0) is 5.92 Å². The van der Waals surface area contributed by atoms with Crippen LogP contribution in [0.1, 0.15) is 13.8 Å². The predicted molar refractivity (Wildman–Crippen MR) is 42.3 cm³/mol. The monoisotopic (exact) mass is 198 g/mol. The summed E-state index contributed by atoms with van der Waals surface area (Å²) in [5, 5.41) is 4.01. The molecule has 0 atom stereocenters. The van der Waals surface area contributed by atoms with Gasteiger partial charge in [0.25, 0.3) is 0 Å². The minimum atomic E-state index is -4.35. The molecule has 0 aliphatic heterocycles. The second-order valence-corrected chi connectivity index (χ2v) is 3.07. The SMILES string of the molecule is CC(C)CNC(=O)NCC(F)(F)F. The van der Waals surface area contributed by atoms with Gasteiger partial charge in [0, 0.05) is 6.54 Å². The van der Waals surface area contributed by atoms with E-state index >= 15 is 0 Å². The highest BCUT2D eigenvalue weighted by atomic mass is 19.4. The summed E-state index contributed by atoms with van der Waals surface area (Å²) >= 11 is 0. The van der Waals surface area contributed by atoms with Gasteiger partial charge >= 0.3 is 12.2 Å². The first-order chi connectivity index (χ1) is 5.81. The third-order valence-corrected chi connectivity index (χ3v) is 1.12. The smallest absolute Gasteiger partial charge is 0.338 e. The van der Waals surface area contributed by atoms with Gasteiger partial charge in [-0.3, -0.25) is 0 Å². The number of carbonyl (C=O) groups is 1. The van der Waals surface area contributed by atoms with Gasteiger partial charge in [-0.2, -0.15) is 13.2 Å². The molecule has 0 aromatic rings. The zero-order valence-corrected chi connectivity index (χ0v) is 7.53. The summed E-state index contributed by atoms with van der Waals surface area (Å²) in [7, 11) is 0. The average Bonchev–Trinajstić information content (AvgIpc) is 1.95. The lowest BCUT2D eigenvalue weighted by Crippen LogP contribution is -2.41. The van der Waals surface area contributed by atoms with Crippen LogP contribution in [0.3, 0.4) is 0 Å². The third kappa shape index (κ3) is 8.97. The van der Waals surface area contributed by atoms with Gasteiger partial charge in [0.05, 0.1) is 0 Å². The first-order valence-electron chi connectivity index (χ1n) is 3.89. The van der Waals surface area contributed by atoms with E-state index in [-0.39, 0.29) is 5.92 Å². The van der Waals surface area contributed by atoms with E-state index in [2.05, 4.69) is 5.32 Å². The minimum Gasteiger partial charge on any atom is -0.338 e. The van der Waals surface area contributed by atoms with Crippen molar-refractivity contribution in [3.05, 3.63) is 0 Å². The standard InChI is InChI=1S/C7H13F3N2O/c1-5(2)3-11-6(13)12-4-7(8,9)10/h5H,3-4H2,1-2H3,(H2,11,12,13). The van der Waals surface area contributed by atoms with Crippen LogP contribution < -0.4 is 10.6 Å². The normalized spacial score (nSPS) is 11.5. The van der Waals surface area contributed by atoms with Gasteiger partial charge in [0.1, 0.15) is 6.54 Å². The molecule has 0 aliphatic rings. The molecule has 2 N–H and O–H groups in total. The van der Waals surface area contributed by atoms with Crippen LogP contribution in [-0.4, -0.2) is 25.3 Å². The van der Waals surface area contributed by atoms with Gasteiger partial charge in [-0.25, -0.2) is 4.79 Å². The lowest BCUT2D eigenvalue weighted by Gasteiger charge is -2.10.